The molecule has 6 nitrogen and oxygen atoms in total. The lowest BCUT2D eigenvalue weighted by Crippen LogP contribution is -2.11. The van der Waals surface area contributed by atoms with Gasteiger partial charge in [-0.05, 0) is 42.0 Å². The zero-order chi connectivity index (χ0) is 17.8. The summed E-state index contributed by atoms with van der Waals surface area (Å²) in [5.41, 5.74) is 1.37. The van der Waals surface area contributed by atoms with Crippen LogP contribution in [0.2, 0.25) is 0 Å². The van der Waals surface area contributed by atoms with Gasteiger partial charge in [0.15, 0.2) is 12.4 Å². The van der Waals surface area contributed by atoms with Gasteiger partial charge in [0, 0.05) is 12.0 Å². The van der Waals surface area contributed by atoms with Crippen molar-refractivity contribution in [2.45, 2.75) is 6.42 Å². The fraction of sp³-hybridized carbons (Fsp3) is 0.111. The Balaban J connectivity index is 1.59. The first-order valence-electron chi connectivity index (χ1n) is 7.46. The number of aromatic amines is 1. The SMILES string of the molecule is O=C(COc1ccc(Cc2sc(=O)[nH]c2O)cc1)c1ccc(O)cc1. The van der Waals surface area contributed by atoms with Gasteiger partial charge in [0.1, 0.15) is 11.5 Å². The highest BCUT2D eigenvalue weighted by molar-refractivity contribution is 7.09. The number of rotatable bonds is 6. The largest absolute Gasteiger partial charge is 0.508 e. The quantitative estimate of drug-likeness (QED) is 0.589. The van der Waals surface area contributed by atoms with Crippen LogP contribution in [0.4, 0.5) is 0 Å². The summed E-state index contributed by atoms with van der Waals surface area (Å²) in [6.07, 6.45) is 0.432. The molecule has 25 heavy (non-hydrogen) atoms. The van der Waals surface area contributed by atoms with Crippen molar-refractivity contribution < 1.29 is 19.7 Å². The van der Waals surface area contributed by atoms with E-state index in [1.165, 1.54) is 12.1 Å². The smallest absolute Gasteiger partial charge is 0.307 e. The topological polar surface area (TPSA) is 99.6 Å². The maximum atomic E-state index is 12.0. The predicted octanol–water partition coefficient (Wildman–Crippen LogP) is 2.70. The lowest BCUT2D eigenvalue weighted by Gasteiger charge is -2.07. The van der Waals surface area contributed by atoms with Crippen LogP contribution in [0.25, 0.3) is 0 Å². The Hall–Kier alpha value is -3.06. The van der Waals surface area contributed by atoms with Gasteiger partial charge in [0.2, 0.25) is 5.88 Å². The van der Waals surface area contributed by atoms with E-state index in [1.807, 2.05) is 12.1 Å². The minimum atomic E-state index is -0.291. The van der Waals surface area contributed by atoms with Crippen molar-refractivity contribution in [2.75, 3.05) is 6.61 Å². The van der Waals surface area contributed by atoms with E-state index in [0.29, 0.717) is 22.6 Å². The number of aromatic hydroxyl groups is 2. The first kappa shape index (κ1) is 16.8. The van der Waals surface area contributed by atoms with Crippen molar-refractivity contribution in [2.24, 2.45) is 0 Å². The van der Waals surface area contributed by atoms with Crippen LogP contribution >= 0.6 is 11.3 Å². The molecule has 0 bridgehead atoms. The summed E-state index contributed by atoms with van der Waals surface area (Å²) in [4.78, 5) is 25.8. The molecule has 0 unspecified atom stereocenters. The number of hydrogen-bond donors (Lipinski definition) is 3. The second-order valence-electron chi connectivity index (χ2n) is 5.37. The van der Waals surface area contributed by atoms with E-state index < -0.39 is 0 Å². The highest BCUT2D eigenvalue weighted by Crippen LogP contribution is 2.22. The molecule has 3 rings (SSSR count). The van der Waals surface area contributed by atoms with Crippen molar-refractivity contribution in [1.82, 2.24) is 4.98 Å². The predicted molar refractivity (Wildman–Crippen MR) is 93.8 cm³/mol. The molecule has 2 aromatic carbocycles. The molecule has 7 heteroatoms. The number of ether oxygens (including phenoxy) is 1. The molecule has 0 saturated heterocycles. The van der Waals surface area contributed by atoms with Crippen LogP contribution in [0.3, 0.4) is 0 Å². The molecular weight excluding hydrogens is 342 g/mol. The summed E-state index contributed by atoms with van der Waals surface area (Å²) in [6, 6.07) is 13.1. The first-order valence-corrected chi connectivity index (χ1v) is 8.28. The summed E-state index contributed by atoms with van der Waals surface area (Å²) in [7, 11) is 0. The highest BCUT2D eigenvalue weighted by Gasteiger charge is 2.09. The Labute approximate surface area is 147 Å². The lowest BCUT2D eigenvalue weighted by atomic mass is 10.1. The second-order valence-corrected chi connectivity index (χ2v) is 6.43. The number of thiazole rings is 1. The Morgan fingerprint density at radius 2 is 1.72 bits per heavy atom. The van der Waals surface area contributed by atoms with Gasteiger partial charge in [-0.1, -0.05) is 23.5 Å². The maximum absolute atomic E-state index is 12.0. The third-order valence-corrected chi connectivity index (χ3v) is 4.42. The van der Waals surface area contributed by atoms with Crippen molar-refractivity contribution in [3.8, 4) is 17.4 Å². The number of carbonyl (C=O) groups excluding carboxylic acids is 1. The van der Waals surface area contributed by atoms with Gasteiger partial charge in [0.25, 0.3) is 0 Å². The third kappa shape index (κ3) is 4.27. The molecule has 0 fully saturated rings. The van der Waals surface area contributed by atoms with Crippen LogP contribution < -0.4 is 9.61 Å². The van der Waals surface area contributed by atoms with Gasteiger partial charge in [-0.25, -0.2) is 0 Å². The molecule has 0 aliphatic carbocycles. The summed E-state index contributed by atoms with van der Waals surface area (Å²) in [6.45, 7) is -0.107. The van der Waals surface area contributed by atoms with Crippen molar-refractivity contribution in [3.63, 3.8) is 0 Å². The van der Waals surface area contributed by atoms with E-state index in [9.17, 15) is 19.8 Å². The summed E-state index contributed by atoms with van der Waals surface area (Å²) < 4.78 is 5.47. The van der Waals surface area contributed by atoms with E-state index >= 15 is 0 Å². The van der Waals surface area contributed by atoms with E-state index in [4.69, 9.17) is 4.74 Å². The van der Waals surface area contributed by atoms with Crippen LogP contribution in [0.15, 0.2) is 53.3 Å². The van der Waals surface area contributed by atoms with E-state index in [0.717, 1.165) is 16.9 Å². The average molecular weight is 357 g/mol. The van der Waals surface area contributed by atoms with Crippen LogP contribution in [-0.4, -0.2) is 27.6 Å². The zero-order valence-electron chi connectivity index (χ0n) is 13.1. The molecule has 3 N–H and O–H groups in total. The van der Waals surface area contributed by atoms with E-state index in [-0.39, 0.29) is 28.9 Å². The summed E-state index contributed by atoms with van der Waals surface area (Å²) in [5.74, 6) is 0.356. The monoisotopic (exact) mass is 357 g/mol. The fourth-order valence-electron chi connectivity index (χ4n) is 2.24. The molecular formula is C18H15NO5S. The van der Waals surface area contributed by atoms with Crippen molar-refractivity contribution in [1.29, 1.82) is 0 Å². The van der Waals surface area contributed by atoms with Crippen molar-refractivity contribution in [3.05, 3.63) is 74.2 Å². The van der Waals surface area contributed by atoms with Crippen molar-refractivity contribution >= 4 is 17.1 Å². The molecule has 3 aromatic rings. The minimum absolute atomic E-state index is 0.102. The molecule has 0 aliphatic rings. The second kappa shape index (κ2) is 7.23. The summed E-state index contributed by atoms with van der Waals surface area (Å²) in [5, 5.41) is 18.8. The average Bonchev–Trinajstić information content (AvgIpc) is 2.92. The third-order valence-electron chi connectivity index (χ3n) is 3.55. The number of nitrogens with one attached hydrogen (secondary N) is 1. The Bertz CT molecular complexity index is 925. The molecule has 128 valence electrons. The summed E-state index contributed by atoms with van der Waals surface area (Å²) >= 11 is 0.971. The van der Waals surface area contributed by atoms with Gasteiger partial charge in [-0.2, -0.15) is 0 Å². The minimum Gasteiger partial charge on any atom is -0.508 e. The van der Waals surface area contributed by atoms with Crippen LogP contribution in [0.5, 0.6) is 17.4 Å². The number of hydrogen-bond acceptors (Lipinski definition) is 6. The first-order chi connectivity index (χ1) is 12.0. The number of phenolic OH excluding ortho intramolecular Hbond substituents is 1. The van der Waals surface area contributed by atoms with Crippen LogP contribution in [-0.2, 0) is 6.42 Å². The van der Waals surface area contributed by atoms with Gasteiger partial charge in [-0.15, -0.1) is 0 Å². The molecule has 0 amide bonds. The number of phenols is 1. The Kier molecular flexibility index (Phi) is 4.85. The fourth-order valence-corrected chi connectivity index (χ4v) is 3.00. The molecule has 0 aliphatic heterocycles. The molecule has 0 saturated carbocycles. The molecule has 1 heterocycles. The number of Topliss-reactive ketones (excluding diaryl/α,β-unsaturated/α-hetero) is 1. The number of benzene rings is 2. The van der Waals surface area contributed by atoms with E-state index in [1.54, 1.807) is 24.3 Å². The van der Waals surface area contributed by atoms with Crippen LogP contribution in [0.1, 0.15) is 20.8 Å². The molecule has 0 spiro atoms. The number of H-pyrrole nitrogens is 1. The number of aromatic nitrogens is 1. The van der Waals surface area contributed by atoms with E-state index in [2.05, 4.69) is 4.98 Å². The van der Waals surface area contributed by atoms with Gasteiger partial charge >= 0.3 is 4.87 Å². The molecule has 0 atom stereocenters. The Morgan fingerprint density at radius 1 is 1.04 bits per heavy atom. The lowest BCUT2D eigenvalue weighted by molar-refractivity contribution is 0.0921. The van der Waals surface area contributed by atoms with Gasteiger partial charge in [0.05, 0.1) is 4.88 Å². The highest BCUT2D eigenvalue weighted by atomic mass is 32.1. The molecule has 0 radical (unpaired) electrons. The maximum Gasteiger partial charge on any atom is 0.307 e. The number of ketones is 1. The zero-order valence-corrected chi connectivity index (χ0v) is 13.9. The Morgan fingerprint density at radius 3 is 2.32 bits per heavy atom. The normalized spacial score (nSPS) is 10.6. The number of carbonyl (C=O) groups is 1. The van der Waals surface area contributed by atoms with Crippen LogP contribution in [0, 0.1) is 0 Å². The molecule has 1 aromatic heterocycles. The van der Waals surface area contributed by atoms with Gasteiger partial charge in [-0.3, -0.25) is 14.6 Å². The van der Waals surface area contributed by atoms with Gasteiger partial charge < -0.3 is 14.9 Å². The standard InChI is InChI=1S/C18H15NO5S/c20-13-5-3-12(4-6-13)15(21)10-24-14-7-1-11(2-8-14)9-16-17(22)19-18(23)25-16/h1-8,20,22H,9-10H2,(H,19,23).